The fourth-order valence-electron chi connectivity index (χ4n) is 1.71. The average molecular weight is 246 g/mol. The Bertz CT molecular complexity index is 478. The SMILES string of the molecule is CCOc1ccc(NCc2ccnn2CC)cn1. The molecule has 0 bridgehead atoms. The Morgan fingerprint density at radius 1 is 1.28 bits per heavy atom. The van der Waals surface area contributed by atoms with E-state index in [-0.39, 0.29) is 0 Å². The van der Waals surface area contributed by atoms with Crippen LogP contribution in [0.2, 0.25) is 0 Å². The lowest BCUT2D eigenvalue weighted by molar-refractivity contribution is 0.327. The van der Waals surface area contributed by atoms with Crippen LogP contribution in [0.25, 0.3) is 0 Å². The van der Waals surface area contributed by atoms with Gasteiger partial charge in [-0.15, -0.1) is 0 Å². The summed E-state index contributed by atoms with van der Waals surface area (Å²) in [5, 5.41) is 7.54. The third kappa shape index (κ3) is 3.00. The maximum Gasteiger partial charge on any atom is 0.213 e. The number of rotatable bonds is 6. The van der Waals surface area contributed by atoms with Crippen LogP contribution in [-0.4, -0.2) is 21.4 Å². The molecule has 18 heavy (non-hydrogen) atoms. The Hall–Kier alpha value is -2.04. The Kier molecular flexibility index (Phi) is 4.17. The number of nitrogens with one attached hydrogen (secondary N) is 1. The maximum absolute atomic E-state index is 5.29. The molecule has 0 aliphatic rings. The first-order valence-electron chi connectivity index (χ1n) is 6.17. The Morgan fingerprint density at radius 3 is 2.83 bits per heavy atom. The molecule has 0 spiro atoms. The molecule has 2 rings (SSSR count). The van der Waals surface area contributed by atoms with Crippen molar-refractivity contribution in [3.8, 4) is 5.88 Å². The number of pyridine rings is 1. The van der Waals surface area contributed by atoms with Gasteiger partial charge in [0.2, 0.25) is 5.88 Å². The molecule has 2 aromatic rings. The summed E-state index contributed by atoms with van der Waals surface area (Å²) in [6.07, 6.45) is 3.59. The highest BCUT2D eigenvalue weighted by Gasteiger charge is 2.01. The van der Waals surface area contributed by atoms with Crippen LogP contribution < -0.4 is 10.1 Å². The van der Waals surface area contributed by atoms with Crippen LogP contribution >= 0.6 is 0 Å². The monoisotopic (exact) mass is 246 g/mol. The Balaban J connectivity index is 1.94. The second kappa shape index (κ2) is 6.05. The van der Waals surface area contributed by atoms with Crippen LogP contribution in [0.15, 0.2) is 30.6 Å². The van der Waals surface area contributed by atoms with Gasteiger partial charge in [-0.05, 0) is 26.0 Å². The molecular formula is C13H18N4O. The van der Waals surface area contributed by atoms with E-state index in [0.29, 0.717) is 12.5 Å². The summed E-state index contributed by atoms with van der Waals surface area (Å²) >= 11 is 0. The van der Waals surface area contributed by atoms with E-state index in [4.69, 9.17) is 4.74 Å². The summed E-state index contributed by atoms with van der Waals surface area (Å²) in [6.45, 7) is 6.28. The van der Waals surface area contributed by atoms with Crippen molar-refractivity contribution in [1.82, 2.24) is 14.8 Å². The van der Waals surface area contributed by atoms with Crippen molar-refractivity contribution in [1.29, 1.82) is 0 Å². The van der Waals surface area contributed by atoms with Gasteiger partial charge in [0.1, 0.15) is 0 Å². The third-order valence-corrected chi connectivity index (χ3v) is 2.61. The van der Waals surface area contributed by atoms with Gasteiger partial charge in [-0.1, -0.05) is 0 Å². The van der Waals surface area contributed by atoms with Crippen LogP contribution in [0, 0.1) is 0 Å². The summed E-state index contributed by atoms with van der Waals surface area (Å²) in [7, 11) is 0. The van der Waals surface area contributed by atoms with Crippen LogP contribution in [-0.2, 0) is 13.1 Å². The number of ether oxygens (including phenoxy) is 1. The van der Waals surface area contributed by atoms with Crippen molar-refractivity contribution in [2.24, 2.45) is 0 Å². The predicted molar refractivity (Wildman–Crippen MR) is 70.6 cm³/mol. The van der Waals surface area contributed by atoms with Gasteiger partial charge < -0.3 is 10.1 Å². The normalized spacial score (nSPS) is 10.3. The zero-order valence-corrected chi connectivity index (χ0v) is 10.8. The molecule has 0 atom stereocenters. The van der Waals surface area contributed by atoms with Crippen molar-refractivity contribution >= 4 is 5.69 Å². The molecule has 5 heteroatoms. The molecule has 0 unspecified atom stereocenters. The van der Waals surface area contributed by atoms with E-state index in [0.717, 1.165) is 24.5 Å². The standard InChI is InChI=1S/C13H18N4O/c1-3-17-12(7-8-16-17)10-14-11-5-6-13(15-9-11)18-4-2/h5-9,14H,3-4,10H2,1-2H3. The molecule has 2 heterocycles. The number of hydrogen-bond acceptors (Lipinski definition) is 4. The molecule has 0 amide bonds. The zero-order chi connectivity index (χ0) is 12.8. The molecule has 0 radical (unpaired) electrons. The molecule has 0 fully saturated rings. The lowest BCUT2D eigenvalue weighted by atomic mass is 10.3. The molecule has 0 aromatic carbocycles. The van der Waals surface area contributed by atoms with Crippen LogP contribution in [0.5, 0.6) is 5.88 Å². The van der Waals surface area contributed by atoms with Crippen LogP contribution in [0.1, 0.15) is 19.5 Å². The summed E-state index contributed by atoms with van der Waals surface area (Å²) in [5.74, 6) is 0.654. The van der Waals surface area contributed by atoms with Gasteiger partial charge in [0.25, 0.3) is 0 Å². The summed E-state index contributed by atoms with van der Waals surface area (Å²) < 4.78 is 7.26. The predicted octanol–water partition coefficient (Wildman–Crippen LogP) is 2.31. The van der Waals surface area contributed by atoms with Gasteiger partial charge in [-0.3, -0.25) is 4.68 Å². The fraction of sp³-hybridized carbons (Fsp3) is 0.385. The molecule has 1 N–H and O–H groups in total. The quantitative estimate of drug-likeness (QED) is 0.849. The minimum absolute atomic E-state index is 0.634. The van der Waals surface area contributed by atoms with E-state index in [1.54, 1.807) is 6.20 Å². The first kappa shape index (κ1) is 12.4. The topological polar surface area (TPSA) is 52.0 Å². The van der Waals surface area contributed by atoms with Gasteiger partial charge in [0, 0.05) is 18.8 Å². The van der Waals surface area contributed by atoms with E-state index >= 15 is 0 Å². The molecule has 96 valence electrons. The minimum Gasteiger partial charge on any atom is -0.478 e. The second-order valence-electron chi connectivity index (χ2n) is 3.81. The zero-order valence-electron chi connectivity index (χ0n) is 10.8. The van der Waals surface area contributed by atoms with E-state index in [1.807, 2.05) is 36.0 Å². The van der Waals surface area contributed by atoms with Gasteiger partial charge in [0.05, 0.1) is 30.7 Å². The number of hydrogen-bond donors (Lipinski definition) is 1. The highest BCUT2D eigenvalue weighted by atomic mass is 16.5. The minimum atomic E-state index is 0.634. The van der Waals surface area contributed by atoms with E-state index in [1.165, 1.54) is 0 Å². The van der Waals surface area contributed by atoms with Crippen molar-refractivity contribution in [3.63, 3.8) is 0 Å². The average Bonchev–Trinajstić information content (AvgIpc) is 2.86. The van der Waals surface area contributed by atoms with E-state index in [9.17, 15) is 0 Å². The number of aryl methyl sites for hydroxylation is 1. The molecule has 0 aliphatic heterocycles. The third-order valence-electron chi connectivity index (χ3n) is 2.61. The number of aromatic nitrogens is 3. The molecule has 0 saturated heterocycles. The summed E-state index contributed by atoms with van der Waals surface area (Å²) in [4.78, 5) is 4.20. The van der Waals surface area contributed by atoms with Gasteiger partial charge >= 0.3 is 0 Å². The smallest absolute Gasteiger partial charge is 0.213 e. The van der Waals surface area contributed by atoms with Crippen molar-refractivity contribution in [3.05, 3.63) is 36.3 Å². The van der Waals surface area contributed by atoms with Crippen molar-refractivity contribution in [2.45, 2.75) is 26.9 Å². The first-order valence-corrected chi connectivity index (χ1v) is 6.17. The molecular weight excluding hydrogens is 228 g/mol. The highest BCUT2D eigenvalue weighted by Crippen LogP contribution is 2.12. The molecule has 0 aliphatic carbocycles. The molecule has 5 nitrogen and oxygen atoms in total. The van der Waals surface area contributed by atoms with Crippen molar-refractivity contribution < 1.29 is 4.74 Å². The summed E-state index contributed by atoms with van der Waals surface area (Å²) in [5.41, 5.74) is 2.13. The number of nitrogens with zero attached hydrogens (tertiary/aromatic N) is 3. The van der Waals surface area contributed by atoms with Gasteiger partial charge in [0.15, 0.2) is 0 Å². The van der Waals surface area contributed by atoms with Crippen molar-refractivity contribution in [2.75, 3.05) is 11.9 Å². The second-order valence-corrected chi connectivity index (χ2v) is 3.81. The number of anilines is 1. The highest BCUT2D eigenvalue weighted by molar-refractivity contribution is 5.42. The molecule has 0 saturated carbocycles. The molecule has 2 aromatic heterocycles. The fourth-order valence-corrected chi connectivity index (χ4v) is 1.71. The Labute approximate surface area is 107 Å². The van der Waals surface area contributed by atoms with Gasteiger partial charge in [-0.2, -0.15) is 5.10 Å². The lowest BCUT2D eigenvalue weighted by Crippen LogP contribution is -2.08. The van der Waals surface area contributed by atoms with Crippen LogP contribution in [0.3, 0.4) is 0 Å². The van der Waals surface area contributed by atoms with E-state index < -0.39 is 0 Å². The first-order chi connectivity index (χ1) is 8.83. The Morgan fingerprint density at radius 2 is 2.17 bits per heavy atom. The maximum atomic E-state index is 5.29. The van der Waals surface area contributed by atoms with E-state index in [2.05, 4.69) is 22.3 Å². The lowest BCUT2D eigenvalue weighted by Gasteiger charge is -2.08. The van der Waals surface area contributed by atoms with Crippen LogP contribution in [0.4, 0.5) is 5.69 Å². The largest absolute Gasteiger partial charge is 0.478 e. The summed E-state index contributed by atoms with van der Waals surface area (Å²) in [6, 6.07) is 5.84. The van der Waals surface area contributed by atoms with Gasteiger partial charge in [-0.25, -0.2) is 4.98 Å².